The molecule has 0 spiro atoms. The summed E-state index contributed by atoms with van der Waals surface area (Å²) in [4.78, 5) is 21.9. The second kappa shape index (κ2) is 15.3. The van der Waals surface area contributed by atoms with Crippen molar-refractivity contribution in [3.63, 3.8) is 0 Å². The number of β-lactam (4-membered cyclic amide) rings is 1. The zero-order valence-corrected chi connectivity index (χ0v) is 14.4. The van der Waals surface area contributed by atoms with E-state index in [1.807, 2.05) is 65.0 Å². The molecule has 0 unspecified atom stereocenters. The molecule has 1 aromatic carbocycles. The van der Waals surface area contributed by atoms with Gasteiger partial charge in [-0.25, -0.2) is 4.79 Å². The lowest BCUT2D eigenvalue weighted by molar-refractivity contribution is -0.154. The van der Waals surface area contributed by atoms with E-state index in [1.54, 1.807) is 6.08 Å². The van der Waals surface area contributed by atoms with E-state index in [1.165, 1.54) is 0 Å². The largest absolute Gasteiger partial charge is 0.459 e. The number of ether oxygens (including phenoxy) is 1. The highest BCUT2D eigenvalue weighted by Gasteiger charge is 2.32. The van der Waals surface area contributed by atoms with E-state index >= 15 is 0 Å². The number of esters is 1. The van der Waals surface area contributed by atoms with E-state index in [0.29, 0.717) is 0 Å². The fourth-order valence-corrected chi connectivity index (χ4v) is 1.33. The van der Waals surface area contributed by atoms with Gasteiger partial charge in [-0.2, -0.15) is 0 Å². The third-order valence-corrected chi connectivity index (χ3v) is 2.23. The number of amides is 1. The van der Waals surface area contributed by atoms with Crippen LogP contribution in [0.25, 0.3) is 0 Å². The average Bonchev–Trinajstić information content (AvgIpc) is 2.55. The molecule has 22 heavy (non-hydrogen) atoms. The maximum absolute atomic E-state index is 11.3. The molecular formula is C18H29NO3. The number of carbonyl (C=O) groups is 2. The van der Waals surface area contributed by atoms with Gasteiger partial charge in [-0.05, 0) is 12.5 Å². The highest BCUT2D eigenvalue weighted by Crippen LogP contribution is 2.08. The SMILES string of the molecule is C=CC.CC.CC.O=C1C[C@@H](C(=O)OCc2ccccc2)N1. The van der Waals surface area contributed by atoms with Crippen molar-refractivity contribution >= 4 is 11.9 Å². The number of carbonyl (C=O) groups excluding carboxylic acids is 2. The van der Waals surface area contributed by atoms with Crippen LogP contribution in [0, 0.1) is 0 Å². The zero-order valence-electron chi connectivity index (χ0n) is 14.4. The molecule has 2 rings (SSSR count). The summed E-state index contributed by atoms with van der Waals surface area (Å²) in [6, 6.07) is 8.99. The summed E-state index contributed by atoms with van der Waals surface area (Å²) in [5.41, 5.74) is 0.941. The van der Waals surface area contributed by atoms with Gasteiger partial charge in [0.05, 0.1) is 6.42 Å². The van der Waals surface area contributed by atoms with Gasteiger partial charge in [-0.1, -0.05) is 64.1 Å². The molecule has 1 amide bonds. The molecule has 0 bridgehead atoms. The van der Waals surface area contributed by atoms with Crippen LogP contribution in [0.15, 0.2) is 43.0 Å². The molecule has 4 nitrogen and oxygen atoms in total. The number of hydrogen-bond acceptors (Lipinski definition) is 3. The third kappa shape index (κ3) is 9.75. The molecule has 0 aromatic heterocycles. The molecule has 0 radical (unpaired) electrons. The maximum atomic E-state index is 11.3. The summed E-state index contributed by atoms with van der Waals surface area (Å²) in [7, 11) is 0. The number of benzene rings is 1. The minimum absolute atomic E-state index is 0.100. The van der Waals surface area contributed by atoms with Crippen molar-refractivity contribution in [1.29, 1.82) is 0 Å². The van der Waals surface area contributed by atoms with Crippen molar-refractivity contribution < 1.29 is 14.3 Å². The van der Waals surface area contributed by atoms with Gasteiger partial charge in [-0.15, -0.1) is 6.58 Å². The normalized spacial score (nSPS) is 14.0. The molecule has 1 aromatic rings. The maximum Gasteiger partial charge on any atom is 0.329 e. The second-order valence-corrected chi connectivity index (χ2v) is 3.83. The third-order valence-electron chi connectivity index (χ3n) is 2.23. The van der Waals surface area contributed by atoms with Crippen LogP contribution in [0.2, 0.25) is 0 Å². The minimum atomic E-state index is -0.443. The van der Waals surface area contributed by atoms with Gasteiger partial charge in [0.1, 0.15) is 12.6 Å². The molecule has 1 N–H and O–H groups in total. The summed E-state index contributed by atoms with van der Waals surface area (Å²) >= 11 is 0. The fourth-order valence-electron chi connectivity index (χ4n) is 1.33. The van der Waals surface area contributed by atoms with E-state index in [2.05, 4.69) is 11.9 Å². The molecule has 0 aliphatic carbocycles. The molecule has 1 saturated heterocycles. The molecule has 4 heteroatoms. The van der Waals surface area contributed by atoms with Gasteiger partial charge in [0.15, 0.2) is 0 Å². The molecule has 1 fully saturated rings. The van der Waals surface area contributed by atoms with Gasteiger partial charge >= 0.3 is 5.97 Å². The summed E-state index contributed by atoms with van der Waals surface area (Å²) < 4.78 is 5.03. The predicted octanol–water partition coefficient (Wildman–Crippen LogP) is 3.86. The second-order valence-electron chi connectivity index (χ2n) is 3.83. The quantitative estimate of drug-likeness (QED) is 0.524. The smallest absolute Gasteiger partial charge is 0.329 e. The van der Waals surface area contributed by atoms with E-state index in [0.717, 1.165) is 5.56 Å². The first-order valence-electron chi connectivity index (χ1n) is 7.74. The molecule has 124 valence electrons. The van der Waals surface area contributed by atoms with Crippen molar-refractivity contribution in [2.24, 2.45) is 0 Å². The zero-order chi connectivity index (χ0) is 17.4. The van der Waals surface area contributed by atoms with Gasteiger partial charge in [0.25, 0.3) is 0 Å². The Morgan fingerprint density at radius 2 is 1.73 bits per heavy atom. The summed E-state index contributed by atoms with van der Waals surface area (Å²) in [5, 5.41) is 2.47. The minimum Gasteiger partial charge on any atom is -0.459 e. The Balaban J connectivity index is 0. The first kappa shape index (κ1) is 22.2. The van der Waals surface area contributed by atoms with E-state index in [9.17, 15) is 9.59 Å². The Labute approximate surface area is 134 Å². The topological polar surface area (TPSA) is 55.4 Å². The van der Waals surface area contributed by atoms with Crippen LogP contribution in [0.4, 0.5) is 0 Å². The van der Waals surface area contributed by atoms with Gasteiger partial charge < -0.3 is 10.1 Å². The molecule has 1 heterocycles. The molecule has 1 atom stereocenters. The van der Waals surface area contributed by atoms with Crippen molar-refractivity contribution in [3.8, 4) is 0 Å². The van der Waals surface area contributed by atoms with E-state index < -0.39 is 6.04 Å². The average molecular weight is 307 g/mol. The van der Waals surface area contributed by atoms with Crippen molar-refractivity contribution in [2.45, 2.75) is 53.7 Å². The number of rotatable bonds is 3. The Kier molecular flexibility index (Phi) is 15.4. The van der Waals surface area contributed by atoms with Gasteiger partial charge in [0, 0.05) is 0 Å². The van der Waals surface area contributed by atoms with E-state index in [-0.39, 0.29) is 24.9 Å². The van der Waals surface area contributed by atoms with Crippen molar-refractivity contribution in [2.75, 3.05) is 0 Å². The Morgan fingerprint density at radius 3 is 2.14 bits per heavy atom. The fraction of sp³-hybridized carbons (Fsp3) is 0.444. The monoisotopic (exact) mass is 307 g/mol. The standard InChI is InChI=1S/C11H11NO3.C3H6.2C2H6/c13-10-6-9(12-10)11(14)15-7-8-4-2-1-3-5-8;1-3-2;2*1-2/h1-5,9H,6-7H2,(H,12,13);3H,1H2,2H3;2*1-2H3/t9-;;;/m0.../s1. The summed E-state index contributed by atoms with van der Waals surface area (Å²) in [5.74, 6) is -0.463. The first-order chi connectivity index (χ1) is 10.7. The van der Waals surface area contributed by atoms with Crippen molar-refractivity contribution in [1.82, 2.24) is 5.32 Å². The molecule has 1 aliphatic heterocycles. The van der Waals surface area contributed by atoms with Crippen LogP contribution in [-0.2, 0) is 20.9 Å². The Hall–Kier alpha value is -2.10. The number of hydrogen-bond donors (Lipinski definition) is 1. The lowest BCUT2D eigenvalue weighted by Crippen LogP contribution is -2.53. The Morgan fingerprint density at radius 1 is 1.27 bits per heavy atom. The van der Waals surface area contributed by atoms with Crippen LogP contribution in [0.1, 0.15) is 46.6 Å². The molecule has 0 saturated carbocycles. The van der Waals surface area contributed by atoms with Crippen molar-refractivity contribution in [3.05, 3.63) is 48.6 Å². The predicted molar refractivity (Wildman–Crippen MR) is 91.4 cm³/mol. The van der Waals surface area contributed by atoms with Gasteiger partial charge in [0.2, 0.25) is 5.91 Å². The van der Waals surface area contributed by atoms with Crippen LogP contribution in [-0.4, -0.2) is 17.9 Å². The highest BCUT2D eigenvalue weighted by atomic mass is 16.5. The number of allylic oxidation sites excluding steroid dienone is 1. The van der Waals surface area contributed by atoms with E-state index in [4.69, 9.17) is 4.74 Å². The van der Waals surface area contributed by atoms with Crippen LogP contribution in [0.5, 0.6) is 0 Å². The molecule has 1 aliphatic rings. The van der Waals surface area contributed by atoms with Gasteiger partial charge in [-0.3, -0.25) is 4.79 Å². The van der Waals surface area contributed by atoms with Crippen LogP contribution in [0.3, 0.4) is 0 Å². The number of nitrogens with one attached hydrogen (secondary N) is 1. The summed E-state index contributed by atoms with van der Waals surface area (Å²) in [6.45, 7) is 13.5. The lowest BCUT2D eigenvalue weighted by atomic mass is 10.1. The summed E-state index contributed by atoms with van der Waals surface area (Å²) in [6.07, 6.45) is 1.99. The lowest BCUT2D eigenvalue weighted by Gasteiger charge is -2.24. The highest BCUT2D eigenvalue weighted by molar-refractivity contribution is 5.94. The van der Waals surface area contributed by atoms with Crippen LogP contribution < -0.4 is 5.32 Å². The molecular weight excluding hydrogens is 278 g/mol. The Bertz CT molecular complexity index is 408. The first-order valence-corrected chi connectivity index (χ1v) is 7.74. The van der Waals surface area contributed by atoms with Crippen LogP contribution >= 0.6 is 0 Å².